The Hall–Kier alpha value is -3.73. The molecule has 0 aliphatic carbocycles. The van der Waals surface area contributed by atoms with Gasteiger partial charge in [-0.3, -0.25) is 15.7 Å². The number of amidine groups is 2. The zero-order valence-electron chi connectivity index (χ0n) is 18.1. The molecule has 1 aromatic heterocycles. The first kappa shape index (κ1) is 21.5. The Labute approximate surface area is 183 Å². The summed E-state index contributed by atoms with van der Waals surface area (Å²) < 4.78 is 45.8. The van der Waals surface area contributed by atoms with Crippen LogP contribution in [0, 0.1) is 40.1 Å². The molecule has 1 aliphatic heterocycles. The molecular weight excluding hydrogens is 415 g/mol. The highest BCUT2D eigenvalue weighted by atomic mass is 19.1. The molecule has 0 saturated carbocycles. The summed E-state index contributed by atoms with van der Waals surface area (Å²) in [5, 5.41) is 20.3. The molecule has 2 aromatic carbocycles. The molecule has 3 aromatic rings. The van der Waals surface area contributed by atoms with Crippen molar-refractivity contribution >= 4 is 33.9 Å². The van der Waals surface area contributed by atoms with Gasteiger partial charge in [-0.25, -0.2) is 13.2 Å². The maximum absolute atomic E-state index is 16.0. The van der Waals surface area contributed by atoms with Gasteiger partial charge in [-0.05, 0) is 32.9 Å². The number of benzene rings is 2. The summed E-state index contributed by atoms with van der Waals surface area (Å²) >= 11 is 0. The van der Waals surface area contributed by atoms with Crippen LogP contribution in [0.15, 0.2) is 24.4 Å². The SMILES string of the molecule is CC#Cc1c[nH]c2c(-c3c(F)cc4c(c3F)N(C(=N)CC)C(=N)C(C)(C)N4)cc(F)cc12. The lowest BCUT2D eigenvalue weighted by Crippen LogP contribution is -2.55. The van der Waals surface area contributed by atoms with E-state index in [1.807, 2.05) is 0 Å². The maximum atomic E-state index is 16.0. The molecule has 0 fully saturated rings. The number of aromatic nitrogens is 1. The van der Waals surface area contributed by atoms with Crippen molar-refractivity contribution in [3.05, 3.63) is 47.4 Å². The number of halogens is 3. The van der Waals surface area contributed by atoms with Crippen molar-refractivity contribution in [2.24, 2.45) is 0 Å². The molecule has 5 nitrogen and oxygen atoms in total. The second kappa shape index (κ2) is 7.45. The average Bonchev–Trinajstić information content (AvgIpc) is 3.11. The highest BCUT2D eigenvalue weighted by Gasteiger charge is 2.40. The highest BCUT2D eigenvalue weighted by Crippen LogP contribution is 2.44. The number of fused-ring (bicyclic) bond motifs is 2. The number of nitrogens with one attached hydrogen (secondary N) is 4. The number of anilines is 2. The first-order chi connectivity index (χ1) is 15.1. The van der Waals surface area contributed by atoms with E-state index in [-0.39, 0.29) is 35.0 Å². The Morgan fingerprint density at radius 1 is 1.19 bits per heavy atom. The van der Waals surface area contributed by atoms with Crippen LogP contribution in [0.2, 0.25) is 0 Å². The summed E-state index contributed by atoms with van der Waals surface area (Å²) in [6.07, 6.45) is 1.81. The molecule has 32 heavy (non-hydrogen) atoms. The predicted octanol–water partition coefficient (Wildman–Crippen LogP) is 6.00. The van der Waals surface area contributed by atoms with Crippen molar-refractivity contribution in [3.8, 4) is 23.0 Å². The Balaban J connectivity index is 2.06. The van der Waals surface area contributed by atoms with Crippen LogP contribution in [0.5, 0.6) is 0 Å². The van der Waals surface area contributed by atoms with E-state index in [2.05, 4.69) is 22.1 Å². The molecule has 4 rings (SSSR count). The molecule has 1 aliphatic rings. The fraction of sp³-hybridized carbons (Fsp3) is 0.250. The van der Waals surface area contributed by atoms with Crippen molar-refractivity contribution in [3.63, 3.8) is 0 Å². The van der Waals surface area contributed by atoms with Gasteiger partial charge in [0.05, 0.1) is 22.3 Å². The van der Waals surface area contributed by atoms with Gasteiger partial charge in [-0.15, -0.1) is 5.92 Å². The molecule has 8 heteroatoms. The minimum atomic E-state index is -0.976. The zero-order valence-corrected chi connectivity index (χ0v) is 18.1. The van der Waals surface area contributed by atoms with Crippen LogP contribution in [-0.2, 0) is 0 Å². The fourth-order valence-corrected chi connectivity index (χ4v) is 4.02. The van der Waals surface area contributed by atoms with Crippen LogP contribution in [-0.4, -0.2) is 22.2 Å². The lowest BCUT2D eigenvalue weighted by atomic mass is 9.93. The number of nitrogens with zero attached hydrogens (tertiary/aromatic N) is 1. The minimum Gasteiger partial charge on any atom is -0.371 e. The molecule has 0 bridgehead atoms. The van der Waals surface area contributed by atoms with Crippen molar-refractivity contribution in [2.45, 2.75) is 39.7 Å². The van der Waals surface area contributed by atoms with E-state index >= 15 is 8.78 Å². The van der Waals surface area contributed by atoms with Crippen LogP contribution in [0.4, 0.5) is 24.5 Å². The normalized spacial score (nSPS) is 14.6. The molecule has 4 N–H and O–H groups in total. The van der Waals surface area contributed by atoms with E-state index in [9.17, 15) is 4.39 Å². The van der Waals surface area contributed by atoms with Gasteiger partial charge < -0.3 is 10.3 Å². The molecule has 0 amide bonds. The van der Waals surface area contributed by atoms with E-state index in [4.69, 9.17) is 10.8 Å². The molecule has 0 radical (unpaired) electrons. The van der Waals surface area contributed by atoms with Gasteiger partial charge in [0, 0.05) is 35.2 Å². The molecule has 0 spiro atoms. The second-order valence-electron chi connectivity index (χ2n) is 8.13. The average molecular weight is 437 g/mol. The van der Waals surface area contributed by atoms with Gasteiger partial charge in [0.15, 0.2) is 5.82 Å². The van der Waals surface area contributed by atoms with Crippen LogP contribution in [0.3, 0.4) is 0 Å². The van der Waals surface area contributed by atoms with Crippen molar-refractivity contribution in [1.82, 2.24) is 4.98 Å². The minimum absolute atomic E-state index is 0.00120. The third-order valence-electron chi connectivity index (χ3n) is 5.57. The van der Waals surface area contributed by atoms with Gasteiger partial charge in [-0.2, -0.15) is 0 Å². The van der Waals surface area contributed by atoms with Crippen LogP contribution < -0.4 is 10.2 Å². The summed E-state index contributed by atoms with van der Waals surface area (Å²) in [5.74, 6) is 3.02. The summed E-state index contributed by atoms with van der Waals surface area (Å²) in [6, 6.07) is 3.46. The van der Waals surface area contributed by atoms with Crippen molar-refractivity contribution < 1.29 is 13.2 Å². The molecule has 164 valence electrons. The Bertz CT molecular complexity index is 1360. The van der Waals surface area contributed by atoms with E-state index in [0.29, 0.717) is 16.5 Å². The maximum Gasteiger partial charge on any atom is 0.160 e. The first-order valence-electron chi connectivity index (χ1n) is 10.1. The molecule has 0 atom stereocenters. The number of hydrogen-bond donors (Lipinski definition) is 4. The first-order valence-corrected chi connectivity index (χ1v) is 10.1. The van der Waals surface area contributed by atoms with E-state index in [0.717, 1.165) is 12.1 Å². The van der Waals surface area contributed by atoms with Crippen LogP contribution in [0.1, 0.15) is 39.7 Å². The van der Waals surface area contributed by atoms with E-state index in [1.165, 1.54) is 11.0 Å². The largest absolute Gasteiger partial charge is 0.371 e. The van der Waals surface area contributed by atoms with Gasteiger partial charge in [0.25, 0.3) is 0 Å². The van der Waals surface area contributed by atoms with Crippen LogP contribution >= 0.6 is 0 Å². The Kier molecular flexibility index (Phi) is 5.00. The van der Waals surface area contributed by atoms with Gasteiger partial charge in [-0.1, -0.05) is 12.8 Å². The quantitative estimate of drug-likeness (QED) is 0.225. The van der Waals surface area contributed by atoms with Gasteiger partial charge in [0.1, 0.15) is 29.0 Å². The summed E-state index contributed by atoms with van der Waals surface area (Å²) in [6.45, 7) is 6.76. The van der Waals surface area contributed by atoms with Crippen LogP contribution in [0.25, 0.3) is 22.0 Å². The summed E-state index contributed by atoms with van der Waals surface area (Å²) in [5.41, 5.74) is -0.529. The molecule has 2 heterocycles. The predicted molar refractivity (Wildman–Crippen MR) is 122 cm³/mol. The molecular formula is C24H22F3N5. The summed E-state index contributed by atoms with van der Waals surface area (Å²) in [4.78, 5) is 4.14. The monoisotopic (exact) mass is 437 g/mol. The third-order valence-corrected chi connectivity index (χ3v) is 5.57. The lowest BCUT2D eigenvalue weighted by Gasteiger charge is -2.42. The smallest absolute Gasteiger partial charge is 0.160 e. The van der Waals surface area contributed by atoms with Gasteiger partial charge in [0.2, 0.25) is 0 Å². The molecule has 0 unspecified atom stereocenters. The number of hydrogen-bond acceptors (Lipinski definition) is 3. The number of rotatable bonds is 2. The standard InChI is InChI=1S/C24H22F3N5/c1-5-7-12-11-30-21-14(12)8-13(25)9-15(21)19-16(26)10-17-22(20(19)27)32(18(28)6-2)23(29)24(3,4)31-17/h8-11,28-31H,6H2,1-4H3. The Morgan fingerprint density at radius 2 is 1.91 bits per heavy atom. The Morgan fingerprint density at radius 3 is 2.56 bits per heavy atom. The second-order valence-corrected chi connectivity index (χ2v) is 8.13. The number of aromatic amines is 1. The number of H-pyrrole nitrogens is 1. The van der Waals surface area contributed by atoms with E-state index < -0.39 is 28.6 Å². The third kappa shape index (κ3) is 3.12. The van der Waals surface area contributed by atoms with Crippen molar-refractivity contribution in [2.75, 3.05) is 10.2 Å². The van der Waals surface area contributed by atoms with Crippen molar-refractivity contribution in [1.29, 1.82) is 10.8 Å². The highest BCUT2D eigenvalue weighted by molar-refractivity contribution is 6.24. The van der Waals surface area contributed by atoms with E-state index in [1.54, 1.807) is 33.9 Å². The fourth-order valence-electron chi connectivity index (χ4n) is 4.02. The topological polar surface area (TPSA) is 78.8 Å². The summed E-state index contributed by atoms with van der Waals surface area (Å²) in [7, 11) is 0. The zero-order chi connectivity index (χ0) is 23.4. The lowest BCUT2D eigenvalue weighted by molar-refractivity contribution is 0.587. The molecule has 0 saturated heterocycles. The van der Waals surface area contributed by atoms with Gasteiger partial charge >= 0.3 is 0 Å².